The van der Waals surface area contributed by atoms with Crippen LogP contribution in [0.2, 0.25) is 0 Å². The number of nitrogens with zero attached hydrogens (tertiary/aromatic N) is 2. The third-order valence-electron chi connectivity index (χ3n) is 3.83. The molecule has 5 nitrogen and oxygen atoms in total. The van der Waals surface area contributed by atoms with Gasteiger partial charge in [-0.3, -0.25) is 14.9 Å². The van der Waals surface area contributed by atoms with Crippen LogP contribution in [0.4, 0.5) is 5.69 Å². The van der Waals surface area contributed by atoms with Gasteiger partial charge in [0.05, 0.1) is 4.92 Å². The van der Waals surface area contributed by atoms with E-state index in [9.17, 15) is 14.9 Å². The van der Waals surface area contributed by atoms with Gasteiger partial charge in [0.1, 0.15) is 0 Å². The number of fused-ring (bicyclic) bond motifs is 1. The molecule has 21 heavy (non-hydrogen) atoms. The van der Waals surface area contributed by atoms with Gasteiger partial charge in [0.25, 0.3) is 11.6 Å². The molecule has 0 atom stereocenters. The van der Waals surface area contributed by atoms with Gasteiger partial charge in [-0.2, -0.15) is 0 Å². The van der Waals surface area contributed by atoms with Gasteiger partial charge in [0, 0.05) is 35.2 Å². The second kappa shape index (κ2) is 5.29. The first kappa shape index (κ1) is 13.8. The zero-order valence-electron chi connectivity index (χ0n) is 11.5. The maximum absolute atomic E-state index is 12.6. The van der Waals surface area contributed by atoms with Gasteiger partial charge < -0.3 is 4.90 Å². The zero-order valence-corrected chi connectivity index (χ0v) is 12.4. The molecule has 2 aromatic rings. The molecule has 3 rings (SSSR count). The molecule has 1 aliphatic heterocycles. The summed E-state index contributed by atoms with van der Waals surface area (Å²) in [5, 5.41) is 13.0. The van der Waals surface area contributed by atoms with E-state index in [-0.39, 0.29) is 11.6 Å². The minimum atomic E-state index is -0.445. The Morgan fingerprint density at radius 2 is 2.19 bits per heavy atom. The van der Waals surface area contributed by atoms with Crippen molar-refractivity contribution in [3.05, 3.63) is 61.3 Å². The summed E-state index contributed by atoms with van der Waals surface area (Å²) in [7, 11) is 0. The quantitative estimate of drug-likeness (QED) is 0.632. The first-order valence-corrected chi connectivity index (χ1v) is 7.54. The molecule has 1 aromatic heterocycles. The van der Waals surface area contributed by atoms with Crippen molar-refractivity contribution in [1.29, 1.82) is 0 Å². The van der Waals surface area contributed by atoms with Crippen molar-refractivity contribution in [1.82, 2.24) is 4.90 Å². The number of carbonyl (C=O) groups excluding carboxylic acids is 1. The molecule has 0 unspecified atom stereocenters. The highest BCUT2D eigenvalue weighted by Gasteiger charge is 2.25. The SMILES string of the molecule is Cc1c(C(=O)N2CCc3sccc3C2)cccc1[N+](=O)[O-]. The van der Waals surface area contributed by atoms with Gasteiger partial charge in [-0.15, -0.1) is 11.3 Å². The third-order valence-corrected chi connectivity index (χ3v) is 4.85. The van der Waals surface area contributed by atoms with Gasteiger partial charge in [0.15, 0.2) is 0 Å². The number of nitro groups is 1. The highest BCUT2D eigenvalue weighted by Crippen LogP contribution is 2.27. The van der Waals surface area contributed by atoms with Crippen molar-refractivity contribution in [2.45, 2.75) is 19.9 Å². The lowest BCUT2D eigenvalue weighted by Gasteiger charge is -2.27. The van der Waals surface area contributed by atoms with E-state index >= 15 is 0 Å². The van der Waals surface area contributed by atoms with Crippen molar-refractivity contribution in [3.63, 3.8) is 0 Å². The van der Waals surface area contributed by atoms with Crippen molar-refractivity contribution in [2.24, 2.45) is 0 Å². The molecule has 6 heteroatoms. The smallest absolute Gasteiger partial charge is 0.273 e. The fraction of sp³-hybridized carbons (Fsp3) is 0.267. The van der Waals surface area contributed by atoms with E-state index in [1.54, 1.807) is 35.3 Å². The van der Waals surface area contributed by atoms with Crippen LogP contribution in [0, 0.1) is 17.0 Å². The van der Waals surface area contributed by atoms with Crippen molar-refractivity contribution < 1.29 is 9.72 Å². The number of carbonyl (C=O) groups is 1. The summed E-state index contributed by atoms with van der Waals surface area (Å²) in [6.45, 7) is 2.87. The zero-order chi connectivity index (χ0) is 15.0. The summed E-state index contributed by atoms with van der Waals surface area (Å²) in [5.74, 6) is -0.131. The Labute approximate surface area is 126 Å². The normalized spacial score (nSPS) is 13.9. The lowest BCUT2D eigenvalue weighted by molar-refractivity contribution is -0.385. The monoisotopic (exact) mass is 302 g/mol. The van der Waals surface area contributed by atoms with Gasteiger partial charge in [-0.1, -0.05) is 6.07 Å². The summed E-state index contributed by atoms with van der Waals surface area (Å²) in [6.07, 6.45) is 0.854. The van der Waals surface area contributed by atoms with Gasteiger partial charge >= 0.3 is 0 Å². The van der Waals surface area contributed by atoms with Crippen molar-refractivity contribution in [3.8, 4) is 0 Å². The average molecular weight is 302 g/mol. The van der Waals surface area contributed by atoms with Crippen LogP contribution in [-0.2, 0) is 13.0 Å². The Morgan fingerprint density at radius 3 is 2.95 bits per heavy atom. The van der Waals surface area contributed by atoms with E-state index in [1.165, 1.54) is 16.5 Å². The molecule has 0 radical (unpaired) electrons. The lowest BCUT2D eigenvalue weighted by Crippen LogP contribution is -2.35. The van der Waals surface area contributed by atoms with Crippen LogP contribution in [0.3, 0.4) is 0 Å². The molecule has 1 amide bonds. The maximum atomic E-state index is 12.6. The highest BCUT2D eigenvalue weighted by atomic mass is 32.1. The lowest BCUT2D eigenvalue weighted by atomic mass is 10.0. The molecule has 0 spiro atoms. The molecule has 0 N–H and O–H groups in total. The topological polar surface area (TPSA) is 63.5 Å². The number of rotatable bonds is 2. The van der Waals surface area contributed by atoms with Crippen LogP contribution in [-0.4, -0.2) is 22.3 Å². The first-order chi connectivity index (χ1) is 10.1. The Hall–Kier alpha value is -2.21. The van der Waals surface area contributed by atoms with Crippen LogP contribution in [0.5, 0.6) is 0 Å². The van der Waals surface area contributed by atoms with E-state index in [0.717, 1.165) is 6.42 Å². The molecule has 1 aliphatic rings. The Bertz CT molecular complexity index is 723. The number of benzene rings is 1. The largest absolute Gasteiger partial charge is 0.334 e. The maximum Gasteiger partial charge on any atom is 0.273 e. The second-order valence-corrected chi connectivity index (χ2v) is 6.05. The first-order valence-electron chi connectivity index (χ1n) is 6.66. The molecular weight excluding hydrogens is 288 g/mol. The van der Waals surface area contributed by atoms with E-state index in [0.29, 0.717) is 24.2 Å². The molecule has 0 saturated heterocycles. The number of amides is 1. The van der Waals surface area contributed by atoms with Gasteiger partial charge in [-0.25, -0.2) is 0 Å². The second-order valence-electron chi connectivity index (χ2n) is 5.05. The van der Waals surface area contributed by atoms with E-state index in [2.05, 4.69) is 0 Å². The Kier molecular flexibility index (Phi) is 3.47. The minimum Gasteiger partial charge on any atom is -0.334 e. The fourth-order valence-corrected chi connectivity index (χ4v) is 3.53. The standard InChI is InChI=1S/C15H14N2O3S/c1-10-12(3-2-4-13(10)17(19)20)15(18)16-7-5-14-11(9-16)6-8-21-14/h2-4,6,8H,5,7,9H2,1H3. The van der Waals surface area contributed by atoms with Crippen molar-refractivity contribution >= 4 is 22.9 Å². The van der Waals surface area contributed by atoms with Crippen LogP contribution >= 0.6 is 11.3 Å². The summed E-state index contributed by atoms with van der Waals surface area (Å²) < 4.78 is 0. The number of hydrogen-bond donors (Lipinski definition) is 0. The van der Waals surface area contributed by atoms with E-state index in [4.69, 9.17) is 0 Å². The van der Waals surface area contributed by atoms with E-state index in [1.807, 2.05) is 11.4 Å². The number of hydrogen-bond acceptors (Lipinski definition) is 4. The van der Waals surface area contributed by atoms with Gasteiger partial charge in [0.2, 0.25) is 0 Å². The molecule has 0 bridgehead atoms. The Balaban J connectivity index is 1.90. The molecule has 108 valence electrons. The molecule has 0 aliphatic carbocycles. The molecule has 1 aromatic carbocycles. The molecule has 0 fully saturated rings. The van der Waals surface area contributed by atoms with Gasteiger partial charge in [-0.05, 0) is 36.4 Å². The summed E-state index contributed by atoms with van der Waals surface area (Å²) in [4.78, 5) is 26.3. The molecular formula is C15H14N2O3S. The predicted octanol–water partition coefficient (Wildman–Crippen LogP) is 3.16. The fourth-order valence-electron chi connectivity index (χ4n) is 2.65. The van der Waals surface area contributed by atoms with E-state index < -0.39 is 4.92 Å². The third kappa shape index (κ3) is 2.42. The van der Waals surface area contributed by atoms with Crippen LogP contribution in [0.25, 0.3) is 0 Å². The average Bonchev–Trinajstić information content (AvgIpc) is 2.93. The summed E-state index contributed by atoms with van der Waals surface area (Å²) in [6, 6.07) is 6.70. The molecule has 0 saturated carbocycles. The van der Waals surface area contributed by atoms with Crippen molar-refractivity contribution in [2.75, 3.05) is 6.54 Å². The van der Waals surface area contributed by atoms with Crippen LogP contribution in [0.1, 0.15) is 26.4 Å². The Morgan fingerprint density at radius 1 is 1.38 bits per heavy atom. The molecule has 2 heterocycles. The highest BCUT2D eigenvalue weighted by molar-refractivity contribution is 7.10. The van der Waals surface area contributed by atoms with Crippen LogP contribution < -0.4 is 0 Å². The number of thiophene rings is 1. The van der Waals surface area contributed by atoms with Crippen LogP contribution in [0.15, 0.2) is 29.6 Å². The minimum absolute atomic E-state index is 0.00548. The predicted molar refractivity (Wildman–Crippen MR) is 80.6 cm³/mol. The summed E-state index contributed by atoms with van der Waals surface area (Å²) >= 11 is 1.72. The summed E-state index contributed by atoms with van der Waals surface area (Å²) in [5.41, 5.74) is 2.03. The number of nitro benzene ring substituents is 1.